The Balaban J connectivity index is 2.02. The van der Waals surface area contributed by atoms with Gasteiger partial charge in [-0.25, -0.2) is 0 Å². The number of benzene rings is 1. The smallest absolute Gasteiger partial charge is 0.314 e. The van der Waals surface area contributed by atoms with Crippen molar-refractivity contribution in [1.82, 2.24) is 0 Å². The van der Waals surface area contributed by atoms with Gasteiger partial charge in [0.25, 0.3) is 0 Å². The summed E-state index contributed by atoms with van der Waals surface area (Å²) < 4.78 is 4.77. The van der Waals surface area contributed by atoms with E-state index < -0.39 is 0 Å². The lowest BCUT2D eigenvalue weighted by Crippen LogP contribution is -2.11. The van der Waals surface area contributed by atoms with E-state index in [9.17, 15) is 4.79 Å². The van der Waals surface area contributed by atoms with Gasteiger partial charge < -0.3 is 4.74 Å². The van der Waals surface area contributed by atoms with Gasteiger partial charge in [0.1, 0.15) is 6.92 Å². The molecule has 0 radical (unpaired) electrons. The van der Waals surface area contributed by atoms with Crippen molar-refractivity contribution in [3.63, 3.8) is 0 Å². The fourth-order valence-corrected chi connectivity index (χ4v) is 1.63. The number of esters is 1. The Morgan fingerprint density at radius 1 is 1.47 bits per heavy atom. The lowest BCUT2D eigenvalue weighted by atomic mass is 10.1. The molecule has 0 N–H and O–H groups in total. The van der Waals surface area contributed by atoms with Crippen LogP contribution in [0.2, 0.25) is 0 Å². The number of ether oxygens (including phenoxy) is 1. The zero-order valence-electron chi connectivity index (χ0n) is 8.40. The fourth-order valence-electron chi connectivity index (χ4n) is 1.63. The molecule has 0 spiro atoms. The number of carbonyl (C=O) groups excluding carboxylic acids is 1. The molecule has 0 atom stereocenters. The van der Waals surface area contributed by atoms with Crippen molar-refractivity contribution in [2.24, 2.45) is 4.99 Å². The van der Waals surface area contributed by atoms with Gasteiger partial charge in [-0.1, -0.05) is 18.2 Å². The van der Waals surface area contributed by atoms with Crippen LogP contribution < -0.4 is 0 Å². The van der Waals surface area contributed by atoms with E-state index in [0.29, 0.717) is 0 Å². The summed E-state index contributed by atoms with van der Waals surface area (Å²) in [4.78, 5) is 15.6. The van der Waals surface area contributed by atoms with Gasteiger partial charge in [0, 0.05) is 12.1 Å². The maximum absolute atomic E-state index is 11.2. The molecule has 1 aliphatic rings. The summed E-state index contributed by atoms with van der Waals surface area (Å²) in [5.41, 5.74) is 3.01. The van der Waals surface area contributed by atoms with Crippen LogP contribution in [-0.4, -0.2) is 18.3 Å². The Morgan fingerprint density at radius 2 is 2.27 bits per heavy atom. The summed E-state index contributed by atoms with van der Waals surface area (Å²) in [6.45, 7) is 3.64. The molecular weight excluding hydrogens is 190 g/mol. The van der Waals surface area contributed by atoms with Gasteiger partial charge >= 0.3 is 5.97 Å². The first-order chi connectivity index (χ1) is 7.29. The second-order valence-electron chi connectivity index (χ2n) is 3.38. The van der Waals surface area contributed by atoms with Crippen molar-refractivity contribution >= 4 is 17.4 Å². The van der Waals surface area contributed by atoms with Crippen LogP contribution in [0.15, 0.2) is 29.3 Å². The Hall–Kier alpha value is -1.77. The third kappa shape index (κ3) is 2.18. The topological polar surface area (TPSA) is 38.7 Å². The highest BCUT2D eigenvalue weighted by atomic mass is 16.5. The summed E-state index contributed by atoms with van der Waals surface area (Å²) in [6, 6.07) is 7.90. The van der Waals surface area contributed by atoms with Gasteiger partial charge in [0.2, 0.25) is 6.61 Å². The van der Waals surface area contributed by atoms with E-state index in [-0.39, 0.29) is 19.0 Å². The molecule has 0 saturated carbocycles. The number of nitrogens with zero attached hydrogens (tertiary/aromatic N) is 1. The first-order valence-electron chi connectivity index (χ1n) is 4.89. The number of hydrogen-bond donors (Lipinski definition) is 0. The maximum Gasteiger partial charge on any atom is 0.314 e. The zero-order chi connectivity index (χ0) is 10.7. The minimum absolute atomic E-state index is 0.180. The molecular formula is C12H12NO2+. The van der Waals surface area contributed by atoms with Gasteiger partial charge in [0.05, 0.1) is 12.1 Å². The van der Waals surface area contributed by atoms with Crippen molar-refractivity contribution in [1.29, 1.82) is 0 Å². The van der Waals surface area contributed by atoms with E-state index in [1.165, 1.54) is 5.56 Å². The van der Waals surface area contributed by atoms with E-state index in [1.807, 2.05) is 24.3 Å². The molecule has 76 valence electrons. The second kappa shape index (κ2) is 4.17. The molecule has 15 heavy (non-hydrogen) atoms. The SMILES string of the molecule is [CH2+]COC(=O)CC1=Nc2ccccc2C1. The quantitative estimate of drug-likeness (QED) is 0.556. The minimum Gasteiger partial charge on any atom is -0.423 e. The Bertz CT molecular complexity index is 410. The lowest BCUT2D eigenvalue weighted by molar-refractivity contribution is -0.140. The number of carbonyl (C=O) groups is 1. The molecule has 2 rings (SSSR count). The highest BCUT2D eigenvalue weighted by Gasteiger charge is 2.17. The van der Waals surface area contributed by atoms with Gasteiger partial charge in [-0.3, -0.25) is 9.79 Å². The predicted octanol–water partition coefficient (Wildman–Crippen LogP) is 2.08. The summed E-state index contributed by atoms with van der Waals surface area (Å²) >= 11 is 0. The van der Waals surface area contributed by atoms with E-state index in [4.69, 9.17) is 4.74 Å². The summed E-state index contributed by atoms with van der Waals surface area (Å²) in [7, 11) is 0. The highest BCUT2D eigenvalue weighted by molar-refractivity contribution is 6.03. The molecule has 0 aliphatic carbocycles. The number of aliphatic imine (C=N–C) groups is 1. The van der Waals surface area contributed by atoms with Crippen molar-refractivity contribution in [3.05, 3.63) is 36.8 Å². The van der Waals surface area contributed by atoms with Gasteiger partial charge in [-0.15, -0.1) is 0 Å². The highest BCUT2D eigenvalue weighted by Crippen LogP contribution is 2.26. The van der Waals surface area contributed by atoms with Crippen LogP contribution in [0, 0.1) is 6.92 Å². The molecule has 1 heterocycles. The summed E-state index contributed by atoms with van der Waals surface area (Å²) in [5, 5.41) is 0. The summed E-state index contributed by atoms with van der Waals surface area (Å²) in [6.07, 6.45) is 1.02. The van der Waals surface area contributed by atoms with Crippen LogP contribution in [0.1, 0.15) is 12.0 Å². The lowest BCUT2D eigenvalue weighted by Gasteiger charge is -1.98. The largest absolute Gasteiger partial charge is 0.423 e. The van der Waals surface area contributed by atoms with Crippen molar-refractivity contribution in [2.45, 2.75) is 12.8 Å². The average Bonchev–Trinajstić information content (AvgIpc) is 2.59. The Morgan fingerprint density at radius 3 is 3.00 bits per heavy atom. The van der Waals surface area contributed by atoms with Crippen LogP contribution in [0.5, 0.6) is 0 Å². The van der Waals surface area contributed by atoms with Crippen molar-refractivity contribution in [2.75, 3.05) is 6.61 Å². The third-order valence-electron chi connectivity index (χ3n) is 2.28. The fraction of sp³-hybridized carbons (Fsp3) is 0.250. The molecule has 1 aromatic carbocycles. The van der Waals surface area contributed by atoms with Crippen LogP contribution in [0.25, 0.3) is 0 Å². The van der Waals surface area contributed by atoms with E-state index in [2.05, 4.69) is 11.9 Å². The average molecular weight is 202 g/mol. The van der Waals surface area contributed by atoms with E-state index >= 15 is 0 Å². The molecule has 0 bridgehead atoms. The summed E-state index contributed by atoms with van der Waals surface area (Å²) in [5.74, 6) is -0.253. The first kappa shape index (κ1) is 9.77. The molecule has 0 saturated heterocycles. The standard InChI is InChI=1S/C12H12NO2/c1-2-15-12(14)8-10-7-9-5-3-4-6-11(9)13-10/h3-6H,1-2,7-8H2/q+1. The first-order valence-corrected chi connectivity index (χ1v) is 4.89. The van der Waals surface area contributed by atoms with Gasteiger partial charge in [0.15, 0.2) is 0 Å². The number of para-hydroxylation sites is 1. The maximum atomic E-state index is 11.2. The monoisotopic (exact) mass is 202 g/mol. The number of hydrogen-bond acceptors (Lipinski definition) is 3. The molecule has 0 fully saturated rings. The van der Waals surface area contributed by atoms with Crippen LogP contribution >= 0.6 is 0 Å². The van der Waals surface area contributed by atoms with Crippen molar-refractivity contribution < 1.29 is 9.53 Å². The zero-order valence-corrected chi connectivity index (χ0v) is 8.40. The Kier molecular flexibility index (Phi) is 2.72. The number of fused-ring (bicyclic) bond motifs is 1. The molecule has 0 aromatic heterocycles. The Labute approximate surface area is 88.8 Å². The molecule has 0 unspecified atom stereocenters. The van der Waals surface area contributed by atoms with Gasteiger partial charge in [-0.05, 0) is 11.6 Å². The third-order valence-corrected chi connectivity index (χ3v) is 2.28. The minimum atomic E-state index is -0.253. The van der Waals surface area contributed by atoms with Crippen LogP contribution in [-0.2, 0) is 16.0 Å². The molecule has 1 aromatic rings. The van der Waals surface area contributed by atoms with E-state index in [1.54, 1.807) is 0 Å². The predicted molar refractivity (Wildman–Crippen MR) is 58.2 cm³/mol. The molecule has 0 amide bonds. The van der Waals surface area contributed by atoms with E-state index in [0.717, 1.165) is 17.8 Å². The molecule has 3 heteroatoms. The second-order valence-corrected chi connectivity index (χ2v) is 3.38. The molecule has 1 aliphatic heterocycles. The van der Waals surface area contributed by atoms with Crippen LogP contribution in [0.4, 0.5) is 5.69 Å². The molecule has 3 nitrogen and oxygen atoms in total. The van der Waals surface area contributed by atoms with Crippen LogP contribution in [0.3, 0.4) is 0 Å². The van der Waals surface area contributed by atoms with Crippen molar-refractivity contribution in [3.8, 4) is 0 Å². The van der Waals surface area contributed by atoms with Gasteiger partial charge in [-0.2, -0.15) is 0 Å². The number of rotatable bonds is 3. The normalized spacial score (nSPS) is 13.2.